The lowest BCUT2D eigenvalue weighted by atomic mass is 10.1. The third-order valence-electron chi connectivity index (χ3n) is 2.38. The molecule has 0 saturated carbocycles. The maximum atomic E-state index is 5.48. The van der Waals surface area contributed by atoms with Crippen molar-refractivity contribution in [2.45, 2.75) is 18.8 Å². The number of aromatic nitrogens is 1. The molecule has 3 nitrogen and oxygen atoms in total. The van der Waals surface area contributed by atoms with Gasteiger partial charge in [0.2, 0.25) is 0 Å². The normalized spacial score (nSPS) is 22.4. The van der Waals surface area contributed by atoms with Crippen LogP contribution in [0.15, 0.2) is 5.38 Å². The zero-order chi connectivity index (χ0) is 9.10. The Morgan fingerprint density at radius 2 is 2.62 bits per heavy atom. The second-order valence-corrected chi connectivity index (χ2v) is 4.30. The molecule has 2 heterocycles. The van der Waals surface area contributed by atoms with Crippen molar-refractivity contribution in [2.75, 3.05) is 19.6 Å². The van der Waals surface area contributed by atoms with Gasteiger partial charge in [-0.1, -0.05) is 0 Å². The van der Waals surface area contributed by atoms with Gasteiger partial charge in [-0.25, -0.2) is 4.98 Å². The predicted molar refractivity (Wildman–Crippen MR) is 55.1 cm³/mol. The molecule has 2 rings (SSSR count). The maximum Gasteiger partial charge on any atom is 0.0972 e. The molecular formula is C9H15N3S. The number of rotatable bonds is 3. The second-order valence-electron chi connectivity index (χ2n) is 3.41. The van der Waals surface area contributed by atoms with Crippen LogP contribution in [-0.4, -0.2) is 24.6 Å². The summed E-state index contributed by atoms with van der Waals surface area (Å²) in [6.45, 7) is 2.93. The lowest BCUT2D eigenvalue weighted by Gasteiger charge is -2.01. The van der Waals surface area contributed by atoms with Gasteiger partial charge < -0.3 is 11.1 Å². The molecule has 3 N–H and O–H groups in total. The van der Waals surface area contributed by atoms with Crippen molar-refractivity contribution >= 4 is 11.3 Å². The Hall–Kier alpha value is -0.450. The van der Waals surface area contributed by atoms with E-state index < -0.39 is 0 Å². The third-order valence-corrected chi connectivity index (χ3v) is 3.44. The number of nitrogens with zero attached hydrogens (tertiary/aromatic N) is 1. The number of nitrogens with two attached hydrogens (primary N) is 1. The molecule has 1 aliphatic rings. The summed E-state index contributed by atoms with van der Waals surface area (Å²) in [6, 6.07) is 0. The van der Waals surface area contributed by atoms with E-state index in [1.165, 1.54) is 11.4 Å². The van der Waals surface area contributed by atoms with E-state index in [1.807, 2.05) is 0 Å². The standard InChI is InChI=1S/C9H15N3S/c10-3-1-8-6-13-9(12-8)7-2-4-11-5-7/h6-7,11H,1-5,10H2. The molecule has 0 aromatic carbocycles. The molecule has 1 aromatic rings. The lowest BCUT2D eigenvalue weighted by molar-refractivity contribution is 0.748. The van der Waals surface area contributed by atoms with E-state index >= 15 is 0 Å². The van der Waals surface area contributed by atoms with Crippen LogP contribution in [0.2, 0.25) is 0 Å². The first-order valence-corrected chi connectivity index (χ1v) is 5.63. The first-order chi connectivity index (χ1) is 6.40. The number of thiazole rings is 1. The number of hydrogen-bond acceptors (Lipinski definition) is 4. The Morgan fingerprint density at radius 1 is 1.69 bits per heavy atom. The van der Waals surface area contributed by atoms with Gasteiger partial charge in [-0.3, -0.25) is 0 Å². The van der Waals surface area contributed by atoms with E-state index in [2.05, 4.69) is 15.7 Å². The van der Waals surface area contributed by atoms with Gasteiger partial charge in [0.05, 0.1) is 10.7 Å². The number of nitrogens with one attached hydrogen (secondary N) is 1. The number of hydrogen-bond donors (Lipinski definition) is 2. The molecule has 4 heteroatoms. The maximum absolute atomic E-state index is 5.48. The largest absolute Gasteiger partial charge is 0.330 e. The summed E-state index contributed by atoms with van der Waals surface area (Å²) in [5, 5.41) is 6.78. The molecule has 0 radical (unpaired) electrons. The molecule has 72 valence electrons. The molecule has 1 saturated heterocycles. The van der Waals surface area contributed by atoms with E-state index in [1.54, 1.807) is 11.3 Å². The first-order valence-electron chi connectivity index (χ1n) is 4.75. The highest BCUT2D eigenvalue weighted by molar-refractivity contribution is 7.09. The zero-order valence-corrected chi connectivity index (χ0v) is 8.44. The summed E-state index contributed by atoms with van der Waals surface area (Å²) in [5.41, 5.74) is 6.64. The molecule has 1 aromatic heterocycles. The van der Waals surface area contributed by atoms with Crippen molar-refractivity contribution in [3.05, 3.63) is 16.1 Å². The van der Waals surface area contributed by atoms with Crippen LogP contribution in [0.5, 0.6) is 0 Å². The minimum Gasteiger partial charge on any atom is -0.330 e. The van der Waals surface area contributed by atoms with Crippen molar-refractivity contribution < 1.29 is 0 Å². The molecule has 0 spiro atoms. The Kier molecular flexibility index (Phi) is 2.93. The Bertz CT molecular complexity index is 266. The van der Waals surface area contributed by atoms with Crippen LogP contribution in [0.1, 0.15) is 23.0 Å². The fourth-order valence-corrected chi connectivity index (χ4v) is 2.63. The summed E-state index contributed by atoms with van der Waals surface area (Å²) in [6.07, 6.45) is 2.15. The molecule has 0 amide bonds. The summed E-state index contributed by atoms with van der Waals surface area (Å²) < 4.78 is 0. The molecule has 1 fully saturated rings. The molecule has 0 aliphatic carbocycles. The molecule has 13 heavy (non-hydrogen) atoms. The van der Waals surface area contributed by atoms with Crippen LogP contribution in [0.25, 0.3) is 0 Å². The van der Waals surface area contributed by atoms with E-state index in [4.69, 9.17) is 5.73 Å². The summed E-state index contributed by atoms with van der Waals surface area (Å²) >= 11 is 1.78. The van der Waals surface area contributed by atoms with Crippen LogP contribution in [0, 0.1) is 0 Å². The topological polar surface area (TPSA) is 50.9 Å². The molecule has 1 atom stereocenters. The van der Waals surface area contributed by atoms with Crippen LogP contribution in [-0.2, 0) is 6.42 Å². The van der Waals surface area contributed by atoms with Gasteiger partial charge in [0.15, 0.2) is 0 Å². The molecule has 0 bridgehead atoms. The van der Waals surface area contributed by atoms with Crippen LogP contribution in [0.3, 0.4) is 0 Å². The Balaban J connectivity index is 2.03. The third kappa shape index (κ3) is 2.07. The monoisotopic (exact) mass is 197 g/mol. The fourth-order valence-electron chi connectivity index (χ4n) is 1.64. The van der Waals surface area contributed by atoms with Crippen molar-refractivity contribution in [2.24, 2.45) is 5.73 Å². The minimum absolute atomic E-state index is 0.650. The highest BCUT2D eigenvalue weighted by Gasteiger charge is 2.19. The predicted octanol–water partition coefficient (Wildman–Crippen LogP) is 0.721. The minimum atomic E-state index is 0.650. The van der Waals surface area contributed by atoms with E-state index in [-0.39, 0.29) is 0 Å². The van der Waals surface area contributed by atoms with Gasteiger partial charge in [-0.05, 0) is 19.5 Å². The van der Waals surface area contributed by atoms with Crippen LogP contribution < -0.4 is 11.1 Å². The Morgan fingerprint density at radius 3 is 3.31 bits per heavy atom. The highest BCUT2D eigenvalue weighted by Crippen LogP contribution is 2.25. The SMILES string of the molecule is NCCc1csc(C2CCNC2)n1. The van der Waals surface area contributed by atoms with Gasteiger partial charge in [-0.2, -0.15) is 0 Å². The van der Waals surface area contributed by atoms with Gasteiger partial charge in [0, 0.05) is 24.3 Å². The van der Waals surface area contributed by atoms with Gasteiger partial charge in [-0.15, -0.1) is 11.3 Å². The lowest BCUT2D eigenvalue weighted by Crippen LogP contribution is -2.08. The smallest absolute Gasteiger partial charge is 0.0972 e. The van der Waals surface area contributed by atoms with E-state index in [0.717, 1.165) is 25.2 Å². The average Bonchev–Trinajstić information content (AvgIpc) is 2.70. The quantitative estimate of drug-likeness (QED) is 0.751. The van der Waals surface area contributed by atoms with Gasteiger partial charge in [0.1, 0.15) is 0 Å². The fraction of sp³-hybridized carbons (Fsp3) is 0.667. The zero-order valence-electron chi connectivity index (χ0n) is 7.62. The van der Waals surface area contributed by atoms with Crippen LogP contribution in [0.4, 0.5) is 0 Å². The van der Waals surface area contributed by atoms with E-state index in [0.29, 0.717) is 12.5 Å². The average molecular weight is 197 g/mol. The van der Waals surface area contributed by atoms with Gasteiger partial charge >= 0.3 is 0 Å². The molecular weight excluding hydrogens is 182 g/mol. The summed E-state index contributed by atoms with van der Waals surface area (Å²) in [4.78, 5) is 4.58. The van der Waals surface area contributed by atoms with E-state index in [9.17, 15) is 0 Å². The molecule has 1 unspecified atom stereocenters. The van der Waals surface area contributed by atoms with Crippen molar-refractivity contribution in [3.8, 4) is 0 Å². The summed E-state index contributed by atoms with van der Waals surface area (Å²) in [7, 11) is 0. The van der Waals surface area contributed by atoms with Crippen molar-refractivity contribution in [3.63, 3.8) is 0 Å². The van der Waals surface area contributed by atoms with Gasteiger partial charge in [0.25, 0.3) is 0 Å². The second kappa shape index (κ2) is 4.17. The summed E-state index contributed by atoms with van der Waals surface area (Å²) in [5.74, 6) is 0.650. The van der Waals surface area contributed by atoms with Crippen molar-refractivity contribution in [1.82, 2.24) is 10.3 Å². The van der Waals surface area contributed by atoms with Crippen LogP contribution >= 0.6 is 11.3 Å². The van der Waals surface area contributed by atoms with Crippen molar-refractivity contribution in [1.29, 1.82) is 0 Å². The first kappa shape index (κ1) is 9.12. The Labute approximate surface area is 82.4 Å². The highest BCUT2D eigenvalue weighted by atomic mass is 32.1. The molecule has 1 aliphatic heterocycles.